The molecule has 2 aromatic heterocycles. The Labute approximate surface area is 114 Å². The fourth-order valence-electron chi connectivity index (χ4n) is 1.85. The Kier molecular flexibility index (Phi) is 2.79. The highest BCUT2D eigenvalue weighted by atomic mass is 19.1. The normalized spacial score (nSPS) is 12.2. The largest absolute Gasteiger partial charge is 0.371 e. The number of imidazole rings is 1. The summed E-state index contributed by atoms with van der Waals surface area (Å²) in [7, 11) is 1.55. The van der Waals surface area contributed by atoms with Crippen LogP contribution in [-0.2, 0) is 10.3 Å². The Morgan fingerprint density at radius 3 is 2.90 bits per heavy atom. The quantitative estimate of drug-likeness (QED) is 0.795. The first-order chi connectivity index (χ1) is 9.53. The fourth-order valence-corrected chi connectivity index (χ4v) is 1.85. The lowest BCUT2D eigenvalue weighted by Crippen LogP contribution is -2.21. The smallest absolute Gasteiger partial charge is 0.263 e. The van der Waals surface area contributed by atoms with Crippen LogP contribution in [0.4, 0.5) is 4.39 Å². The third-order valence-corrected chi connectivity index (χ3v) is 3.23. The number of methoxy groups -OCH3 is 1. The Balaban J connectivity index is 2.17. The molecule has 3 rings (SSSR count). The van der Waals surface area contributed by atoms with Crippen molar-refractivity contribution >= 4 is 11.0 Å². The Hall–Kier alpha value is -2.28. The van der Waals surface area contributed by atoms with Crippen molar-refractivity contribution in [3.63, 3.8) is 0 Å². The summed E-state index contributed by atoms with van der Waals surface area (Å²) in [5, 5.41) is 3.85. The van der Waals surface area contributed by atoms with E-state index in [1.54, 1.807) is 27.0 Å². The van der Waals surface area contributed by atoms with Crippen LogP contribution < -0.4 is 0 Å². The van der Waals surface area contributed by atoms with Crippen molar-refractivity contribution in [1.29, 1.82) is 0 Å². The van der Waals surface area contributed by atoms with Crippen molar-refractivity contribution in [2.45, 2.75) is 19.4 Å². The van der Waals surface area contributed by atoms with Crippen LogP contribution in [0.1, 0.15) is 19.7 Å². The summed E-state index contributed by atoms with van der Waals surface area (Å²) in [6.45, 7) is 3.60. The second-order valence-corrected chi connectivity index (χ2v) is 4.86. The first-order valence-electron chi connectivity index (χ1n) is 6.04. The number of H-pyrrole nitrogens is 1. The highest BCUT2D eigenvalue weighted by Gasteiger charge is 2.28. The van der Waals surface area contributed by atoms with Crippen molar-refractivity contribution in [2.24, 2.45) is 0 Å². The minimum atomic E-state index is -0.711. The third-order valence-electron chi connectivity index (χ3n) is 3.23. The lowest BCUT2D eigenvalue weighted by Gasteiger charge is -2.17. The highest BCUT2D eigenvalue weighted by Crippen LogP contribution is 2.30. The van der Waals surface area contributed by atoms with E-state index in [0.717, 1.165) is 0 Å². The highest BCUT2D eigenvalue weighted by molar-refractivity contribution is 5.89. The second kappa shape index (κ2) is 4.38. The van der Waals surface area contributed by atoms with E-state index in [-0.39, 0.29) is 11.5 Å². The zero-order valence-corrected chi connectivity index (χ0v) is 11.3. The number of nitrogens with zero attached hydrogens (tertiary/aromatic N) is 3. The first-order valence-corrected chi connectivity index (χ1v) is 6.04. The van der Waals surface area contributed by atoms with E-state index in [9.17, 15) is 4.39 Å². The number of fused-ring (bicyclic) bond motifs is 1. The number of aromatic amines is 1. The molecule has 104 valence electrons. The molecule has 0 saturated carbocycles. The maximum absolute atomic E-state index is 14.1. The molecule has 3 aromatic rings. The van der Waals surface area contributed by atoms with Gasteiger partial charge in [-0.25, -0.2) is 9.37 Å². The van der Waals surface area contributed by atoms with Gasteiger partial charge in [0.1, 0.15) is 22.5 Å². The molecule has 0 amide bonds. The van der Waals surface area contributed by atoms with Crippen LogP contribution in [0, 0.1) is 5.82 Å². The average Bonchev–Trinajstić information content (AvgIpc) is 3.07. The van der Waals surface area contributed by atoms with Gasteiger partial charge in [-0.3, -0.25) is 0 Å². The van der Waals surface area contributed by atoms with Crippen LogP contribution in [0.2, 0.25) is 0 Å². The van der Waals surface area contributed by atoms with Crippen molar-refractivity contribution in [2.75, 3.05) is 7.11 Å². The van der Waals surface area contributed by atoms with Crippen LogP contribution in [0.15, 0.2) is 23.0 Å². The molecule has 2 heterocycles. The van der Waals surface area contributed by atoms with Gasteiger partial charge in [-0.2, -0.15) is 4.98 Å². The molecule has 1 aromatic carbocycles. The summed E-state index contributed by atoms with van der Waals surface area (Å²) in [5.74, 6) is -0.0303. The van der Waals surface area contributed by atoms with Gasteiger partial charge in [0.2, 0.25) is 5.82 Å². The first kappa shape index (κ1) is 12.7. The summed E-state index contributed by atoms with van der Waals surface area (Å²) < 4.78 is 24.5. The lowest BCUT2D eigenvalue weighted by molar-refractivity contribution is 0.00973. The Bertz CT molecular complexity index is 763. The van der Waals surface area contributed by atoms with Crippen molar-refractivity contribution in [3.05, 3.63) is 30.1 Å². The van der Waals surface area contributed by atoms with Crippen LogP contribution in [0.3, 0.4) is 0 Å². The van der Waals surface area contributed by atoms with Gasteiger partial charge in [-0.1, -0.05) is 5.16 Å². The number of ether oxygens (including phenoxy) is 1. The molecule has 0 aliphatic carbocycles. The van der Waals surface area contributed by atoms with Crippen molar-refractivity contribution < 1.29 is 13.7 Å². The molecule has 0 aliphatic rings. The molecule has 0 aliphatic heterocycles. The minimum Gasteiger partial charge on any atom is -0.371 e. The van der Waals surface area contributed by atoms with Crippen LogP contribution in [-0.4, -0.2) is 27.2 Å². The zero-order valence-electron chi connectivity index (χ0n) is 11.3. The predicted molar refractivity (Wildman–Crippen MR) is 69.4 cm³/mol. The van der Waals surface area contributed by atoms with E-state index in [4.69, 9.17) is 9.26 Å². The van der Waals surface area contributed by atoms with E-state index in [2.05, 4.69) is 20.1 Å². The fraction of sp³-hybridized carbons (Fsp3) is 0.308. The number of hydrogen-bond acceptors (Lipinski definition) is 5. The van der Waals surface area contributed by atoms with E-state index in [0.29, 0.717) is 16.9 Å². The molecule has 0 saturated heterocycles. The molecule has 0 atom stereocenters. The lowest BCUT2D eigenvalue weighted by atomic mass is 10.1. The topological polar surface area (TPSA) is 76.8 Å². The summed E-state index contributed by atoms with van der Waals surface area (Å²) in [6, 6.07) is 2.94. The molecule has 0 unspecified atom stereocenters. The van der Waals surface area contributed by atoms with Crippen LogP contribution in [0.5, 0.6) is 0 Å². The molecule has 6 nitrogen and oxygen atoms in total. The number of rotatable bonds is 3. The van der Waals surface area contributed by atoms with Gasteiger partial charge in [0.15, 0.2) is 0 Å². The molecule has 0 bridgehead atoms. The SMILES string of the molecule is COC(C)(C)c1noc(-c2c(F)ccc3[nH]cnc23)n1. The molecular weight excluding hydrogens is 263 g/mol. The van der Waals surface area contributed by atoms with E-state index < -0.39 is 11.4 Å². The van der Waals surface area contributed by atoms with Gasteiger partial charge >= 0.3 is 0 Å². The second-order valence-electron chi connectivity index (χ2n) is 4.86. The van der Waals surface area contributed by atoms with Gasteiger partial charge in [-0.15, -0.1) is 0 Å². The monoisotopic (exact) mass is 276 g/mol. The summed E-state index contributed by atoms with van der Waals surface area (Å²) in [4.78, 5) is 11.2. The molecule has 7 heteroatoms. The molecule has 0 radical (unpaired) electrons. The van der Waals surface area contributed by atoms with Crippen molar-refractivity contribution in [1.82, 2.24) is 20.1 Å². The number of aromatic nitrogens is 4. The number of halogens is 1. The standard InChI is InChI=1S/C13H13FN4O2/c1-13(2,19-3)12-17-11(20-18-12)9-7(14)4-5-8-10(9)16-6-15-8/h4-6H,1-3H3,(H,15,16). The third kappa shape index (κ3) is 1.87. The maximum atomic E-state index is 14.1. The maximum Gasteiger partial charge on any atom is 0.263 e. The summed E-state index contributed by atoms with van der Waals surface area (Å²) >= 11 is 0. The summed E-state index contributed by atoms with van der Waals surface area (Å²) in [5.41, 5.74) is 0.634. The van der Waals surface area contributed by atoms with Gasteiger partial charge in [0.25, 0.3) is 5.89 Å². The van der Waals surface area contributed by atoms with E-state index in [1.165, 1.54) is 12.4 Å². The molecule has 0 spiro atoms. The van der Waals surface area contributed by atoms with Crippen LogP contribution >= 0.6 is 0 Å². The predicted octanol–water partition coefficient (Wildman–Crippen LogP) is 2.63. The van der Waals surface area contributed by atoms with Crippen LogP contribution in [0.25, 0.3) is 22.5 Å². The number of hydrogen-bond donors (Lipinski definition) is 1. The van der Waals surface area contributed by atoms with Crippen molar-refractivity contribution in [3.8, 4) is 11.5 Å². The Morgan fingerprint density at radius 2 is 2.15 bits per heavy atom. The van der Waals surface area contributed by atoms with Gasteiger partial charge in [0, 0.05) is 7.11 Å². The van der Waals surface area contributed by atoms with Gasteiger partial charge < -0.3 is 14.2 Å². The minimum absolute atomic E-state index is 0.0836. The molecule has 1 N–H and O–H groups in total. The molecule has 20 heavy (non-hydrogen) atoms. The zero-order chi connectivity index (χ0) is 14.3. The van der Waals surface area contributed by atoms with Gasteiger partial charge in [-0.05, 0) is 26.0 Å². The number of benzene rings is 1. The molecular formula is C13H13FN4O2. The average molecular weight is 276 g/mol. The van der Waals surface area contributed by atoms with E-state index >= 15 is 0 Å². The van der Waals surface area contributed by atoms with Gasteiger partial charge in [0.05, 0.1) is 11.8 Å². The number of nitrogens with one attached hydrogen (secondary N) is 1. The van der Waals surface area contributed by atoms with E-state index in [1.807, 2.05) is 0 Å². The molecule has 0 fully saturated rings. The summed E-state index contributed by atoms with van der Waals surface area (Å²) in [6.07, 6.45) is 1.49. The Morgan fingerprint density at radius 1 is 1.35 bits per heavy atom.